The summed E-state index contributed by atoms with van der Waals surface area (Å²) < 4.78 is 0. The Morgan fingerprint density at radius 2 is 1.71 bits per heavy atom. The molecule has 1 fully saturated rings. The van der Waals surface area contributed by atoms with Crippen molar-refractivity contribution in [3.63, 3.8) is 0 Å². The molecule has 17 heavy (non-hydrogen) atoms. The topological polar surface area (TPSA) is 12.0 Å². The van der Waals surface area contributed by atoms with Gasteiger partial charge in [0.15, 0.2) is 0 Å². The predicted molar refractivity (Wildman–Crippen MR) is 74.4 cm³/mol. The van der Waals surface area contributed by atoms with E-state index in [9.17, 15) is 0 Å². The Labute approximate surface area is 103 Å². The molecule has 1 nitrogen and oxygen atoms in total. The highest BCUT2D eigenvalue weighted by Gasteiger charge is 2.14. The summed E-state index contributed by atoms with van der Waals surface area (Å²) in [6.45, 7) is 1.13. The first-order chi connectivity index (χ1) is 8.43. The van der Waals surface area contributed by atoms with Crippen LogP contribution in [0.3, 0.4) is 0 Å². The summed E-state index contributed by atoms with van der Waals surface area (Å²) in [6, 6.07) is 15.1. The summed E-state index contributed by atoms with van der Waals surface area (Å²) in [7, 11) is 0. The number of nitrogens with one attached hydrogen (secondary N) is 1. The summed E-state index contributed by atoms with van der Waals surface area (Å²) in [5.41, 5.74) is 1.29. The molecule has 3 rings (SSSR count). The number of hydrogen-bond acceptors (Lipinski definition) is 1. The predicted octanol–water partition coefficient (Wildman–Crippen LogP) is 4.44. The molecular formula is C16H19N. The van der Waals surface area contributed by atoms with Crippen LogP contribution in [0.2, 0.25) is 0 Å². The molecule has 1 N–H and O–H groups in total. The summed E-state index contributed by atoms with van der Waals surface area (Å²) in [4.78, 5) is 0. The lowest BCUT2D eigenvalue weighted by molar-refractivity contribution is 0.580. The SMILES string of the molecule is c1ccc2c(NCC3CCCC3)cccc2c1. The van der Waals surface area contributed by atoms with Crippen LogP contribution < -0.4 is 5.32 Å². The molecule has 0 spiro atoms. The molecule has 1 saturated carbocycles. The highest BCUT2D eigenvalue weighted by atomic mass is 14.9. The van der Waals surface area contributed by atoms with Crippen molar-refractivity contribution >= 4 is 16.5 Å². The molecule has 0 aliphatic heterocycles. The van der Waals surface area contributed by atoms with Gasteiger partial charge in [0.1, 0.15) is 0 Å². The molecule has 0 atom stereocenters. The van der Waals surface area contributed by atoms with E-state index in [1.165, 1.54) is 42.1 Å². The molecule has 0 bridgehead atoms. The van der Waals surface area contributed by atoms with Gasteiger partial charge in [0.2, 0.25) is 0 Å². The molecule has 2 aromatic rings. The zero-order chi connectivity index (χ0) is 11.5. The third-order valence-electron chi connectivity index (χ3n) is 3.85. The van der Waals surface area contributed by atoms with Gasteiger partial charge in [0, 0.05) is 17.6 Å². The standard InChI is InChI=1S/C16H19N/c1-2-7-13(6-1)12-17-16-11-5-9-14-8-3-4-10-15(14)16/h3-5,8-11,13,17H,1-2,6-7,12H2. The average Bonchev–Trinajstić information content (AvgIpc) is 2.89. The van der Waals surface area contributed by atoms with Crippen molar-refractivity contribution in [1.82, 2.24) is 0 Å². The summed E-state index contributed by atoms with van der Waals surface area (Å²) in [6.07, 6.45) is 5.64. The Hall–Kier alpha value is -1.50. The van der Waals surface area contributed by atoms with Crippen LogP contribution >= 0.6 is 0 Å². The molecule has 0 unspecified atom stereocenters. The maximum atomic E-state index is 3.63. The van der Waals surface area contributed by atoms with Crippen molar-refractivity contribution in [1.29, 1.82) is 0 Å². The first-order valence-corrected chi connectivity index (χ1v) is 6.65. The second kappa shape index (κ2) is 4.79. The van der Waals surface area contributed by atoms with Crippen molar-refractivity contribution in [3.05, 3.63) is 42.5 Å². The third kappa shape index (κ3) is 2.28. The van der Waals surface area contributed by atoms with Crippen LogP contribution in [-0.4, -0.2) is 6.54 Å². The Morgan fingerprint density at radius 1 is 0.941 bits per heavy atom. The quantitative estimate of drug-likeness (QED) is 0.814. The molecule has 1 aliphatic rings. The lowest BCUT2D eigenvalue weighted by atomic mass is 10.1. The smallest absolute Gasteiger partial charge is 0.0419 e. The van der Waals surface area contributed by atoms with E-state index in [0.29, 0.717) is 0 Å². The minimum atomic E-state index is 0.883. The van der Waals surface area contributed by atoms with E-state index in [1.807, 2.05) is 0 Å². The van der Waals surface area contributed by atoms with Crippen LogP contribution in [0.4, 0.5) is 5.69 Å². The van der Waals surface area contributed by atoms with Gasteiger partial charge in [0.25, 0.3) is 0 Å². The van der Waals surface area contributed by atoms with Crippen LogP contribution in [0.25, 0.3) is 10.8 Å². The maximum Gasteiger partial charge on any atom is 0.0419 e. The lowest BCUT2D eigenvalue weighted by Crippen LogP contribution is -2.10. The van der Waals surface area contributed by atoms with Gasteiger partial charge in [-0.25, -0.2) is 0 Å². The summed E-state index contributed by atoms with van der Waals surface area (Å²) in [5.74, 6) is 0.883. The van der Waals surface area contributed by atoms with E-state index in [2.05, 4.69) is 47.8 Å². The number of anilines is 1. The number of rotatable bonds is 3. The highest BCUT2D eigenvalue weighted by molar-refractivity contribution is 5.93. The Balaban J connectivity index is 1.79. The number of hydrogen-bond donors (Lipinski definition) is 1. The molecule has 1 aliphatic carbocycles. The van der Waals surface area contributed by atoms with Gasteiger partial charge in [-0.1, -0.05) is 49.2 Å². The van der Waals surface area contributed by atoms with E-state index in [4.69, 9.17) is 0 Å². The van der Waals surface area contributed by atoms with Gasteiger partial charge in [-0.3, -0.25) is 0 Å². The first-order valence-electron chi connectivity index (χ1n) is 6.65. The van der Waals surface area contributed by atoms with Gasteiger partial charge >= 0.3 is 0 Å². The van der Waals surface area contributed by atoms with Crippen molar-refractivity contribution in [2.24, 2.45) is 5.92 Å². The lowest BCUT2D eigenvalue weighted by Gasteiger charge is -2.13. The molecule has 2 aromatic carbocycles. The molecule has 0 saturated heterocycles. The Morgan fingerprint density at radius 3 is 2.59 bits per heavy atom. The van der Waals surface area contributed by atoms with E-state index >= 15 is 0 Å². The van der Waals surface area contributed by atoms with E-state index in [0.717, 1.165) is 12.5 Å². The maximum absolute atomic E-state index is 3.63. The zero-order valence-corrected chi connectivity index (χ0v) is 10.2. The fourth-order valence-electron chi connectivity index (χ4n) is 2.85. The van der Waals surface area contributed by atoms with Gasteiger partial charge in [-0.2, -0.15) is 0 Å². The average molecular weight is 225 g/mol. The Bertz CT molecular complexity index is 492. The molecule has 88 valence electrons. The van der Waals surface area contributed by atoms with Crippen LogP contribution in [0.1, 0.15) is 25.7 Å². The number of fused-ring (bicyclic) bond motifs is 1. The third-order valence-corrected chi connectivity index (χ3v) is 3.85. The fraction of sp³-hybridized carbons (Fsp3) is 0.375. The van der Waals surface area contributed by atoms with Crippen molar-refractivity contribution in [2.45, 2.75) is 25.7 Å². The van der Waals surface area contributed by atoms with Gasteiger partial charge < -0.3 is 5.32 Å². The molecule has 1 heteroatoms. The van der Waals surface area contributed by atoms with Crippen LogP contribution in [0, 0.1) is 5.92 Å². The van der Waals surface area contributed by atoms with Gasteiger partial charge in [-0.15, -0.1) is 0 Å². The minimum Gasteiger partial charge on any atom is -0.384 e. The summed E-state index contributed by atoms with van der Waals surface area (Å²) >= 11 is 0. The van der Waals surface area contributed by atoms with Crippen molar-refractivity contribution in [3.8, 4) is 0 Å². The highest BCUT2D eigenvalue weighted by Crippen LogP contribution is 2.27. The molecule has 0 amide bonds. The molecule has 0 aromatic heterocycles. The first kappa shape index (κ1) is 10.6. The molecule has 0 radical (unpaired) electrons. The number of benzene rings is 2. The van der Waals surface area contributed by atoms with Crippen LogP contribution in [0.15, 0.2) is 42.5 Å². The van der Waals surface area contributed by atoms with Crippen molar-refractivity contribution < 1.29 is 0 Å². The second-order valence-corrected chi connectivity index (χ2v) is 5.06. The molecule has 0 heterocycles. The monoisotopic (exact) mass is 225 g/mol. The fourth-order valence-corrected chi connectivity index (χ4v) is 2.85. The van der Waals surface area contributed by atoms with E-state index in [1.54, 1.807) is 0 Å². The minimum absolute atomic E-state index is 0.883. The Kier molecular flexibility index (Phi) is 3.00. The van der Waals surface area contributed by atoms with Crippen LogP contribution in [0.5, 0.6) is 0 Å². The zero-order valence-electron chi connectivity index (χ0n) is 10.2. The molecular weight excluding hydrogens is 206 g/mol. The van der Waals surface area contributed by atoms with E-state index in [-0.39, 0.29) is 0 Å². The van der Waals surface area contributed by atoms with Gasteiger partial charge in [0.05, 0.1) is 0 Å². The normalized spacial score (nSPS) is 16.5. The summed E-state index contributed by atoms with van der Waals surface area (Å²) in [5, 5.41) is 6.29. The second-order valence-electron chi connectivity index (χ2n) is 5.06. The van der Waals surface area contributed by atoms with Crippen LogP contribution in [-0.2, 0) is 0 Å². The van der Waals surface area contributed by atoms with E-state index < -0.39 is 0 Å². The largest absolute Gasteiger partial charge is 0.384 e. The van der Waals surface area contributed by atoms with Crippen molar-refractivity contribution in [2.75, 3.05) is 11.9 Å². The van der Waals surface area contributed by atoms with Gasteiger partial charge in [-0.05, 0) is 30.2 Å².